The third kappa shape index (κ3) is 4.01. The van der Waals surface area contributed by atoms with Crippen LogP contribution in [0.1, 0.15) is 18.7 Å². The van der Waals surface area contributed by atoms with Gasteiger partial charge in [0.15, 0.2) is 0 Å². The third-order valence-electron chi connectivity index (χ3n) is 5.41. The van der Waals surface area contributed by atoms with Crippen molar-refractivity contribution in [3.8, 4) is 0 Å². The first kappa shape index (κ1) is 21.0. The van der Waals surface area contributed by atoms with Crippen LogP contribution in [-0.2, 0) is 21.4 Å². The molecule has 1 aliphatic heterocycles. The first-order chi connectivity index (χ1) is 14.4. The van der Waals surface area contributed by atoms with Crippen molar-refractivity contribution >= 4 is 42.9 Å². The van der Waals surface area contributed by atoms with Gasteiger partial charge in [0.1, 0.15) is 11.9 Å². The van der Waals surface area contributed by atoms with Gasteiger partial charge in [-0.2, -0.15) is 4.31 Å². The molecular weight excluding hydrogens is 468 g/mol. The molecule has 1 fully saturated rings. The SMILES string of the molecule is Cc1nc2ccccc2n1CCNC(=O)C1CCCN1S(=O)(=O)c1ccc(Br)cc1. The number of sulfonamides is 1. The molecule has 0 radical (unpaired) electrons. The van der Waals surface area contributed by atoms with Crippen LogP contribution in [0, 0.1) is 6.92 Å². The molecule has 1 aromatic heterocycles. The van der Waals surface area contributed by atoms with Crippen LogP contribution in [0.5, 0.6) is 0 Å². The summed E-state index contributed by atoms with van der Waals surface area (Å²) in [6.07, 6.45) is 1.19. The fraction of sp³-hybridized carbons (Fsp3) is 0.333. The molecule has 158 valence electrons. The van der Waals surface area contributed by atoms with Gasteiger partial charge in [-0.05, 0) is 56.2 Å². The summed E-state index contributed by atoms with van der Waals surface area (Å²) in [5.41, 5.74) is 1.94. The van der Waals surface area contributed by atoms with E-state index in [1.165, 1.54) is 4.31 Å². The predicted molar refractivity (Wildman–Crippen MR) is 119 cm³/mol. The van der Waals surface area contributed by atoms with Crippen LogP contribution >= 0.6 is 15.9 Å². The van der Waals surface area contributed by atoms with Crippen LogP contribution in [-0.4, -0.2) is 47.3 Å². The van der Waals surface area contributed by atoms with Gasteiger partial charge in [-0.15, -0.1) is 0 Å². The zero-order chi connectivity index (χ0) is 21.3. The van der Waals surface area contributed by atoms with E-state index in [0.29, 0.717) is 32.5 Å². The number of aromatic nitrogens is 2. The largest absolute Gasteiger partial charge is 0.353 e. The molecule has 1 amide bonds. The van der Waals surface area contributed by atoms with E-state index in [-0.39, 0.29) is 10.8 Å². The van der Waals surface area contributed by atoms with E-state index in [0.717, 1.165) is 21.3 Å². The summed E-state index contributed by atoms with van der Waals surface area (Å²) >= 11 is 3.32. The molecule has 0 spiro atoms. The standard InChI is InChI=1S/C21H23BrN4O3S/c1-15-24-18-5-2-3-6-19(18)25(15)14-12-23-21(27)20-7-4-13-26(20)30(28,29)17-10-8-16(22)9-11-17/h2-3,5-6,8-11,20H,4,7,12-14H2,1H3,(H,23,27). The van der Waals surface area contributed by atoms with Crippen LogP contribution in [0.25, 0.3) is 11.0 Å². The van der Waals surface area contributed by atoms with Crippen molar-refractivity contribution in [3.05, 3.63) is 58.8 Å². The molecule has 1 N–H and O–H groups in total. The fourth-order valence-electron chi connectivity index (χ4n) is 3.92. The number of para-hydroxylation sites is 2. The van der Waals surface area contributed by atoms with Gasteiger partial charge in [-0.25, -0.2) is 13.4 Å². The lowest BCUT2D eigenvalue weighted by molar-refractivity contribution is -0.124. The van der Waals surface area contributed by atoms with Gasteiger partial charge in [-0.1, -0.05) is 28.1 Å². The number of imidazole rings is 1. The zero-order valence-corrected chi connectivity index (χ0v) is 19.0. The van der Waals surface area contributed by atoms with Gasteiger partial charge in [0, 0.05) is 24.1 Å². The maximum Gasteiger partial charge on any atom is 0.243 e. The van der Waals surface area contributed by atoms with Crippen molar-refractivity contribution in [2.24, 2.45) is 0 Å². The van der Waals surface area contributed by atoms with Crippen molar-refractivity contribution in [3.63, 3.8) is 0 Å². The second-order valence-electron chi connectivity index (χ2n) is 7.32. The Bertz CT molecular complexity index is 1170. The Morgan fingerprint density at radius 3 is 2.70 bits per heavy atom. The highest BCUT2D eigenvalue weighted by atomic mass is 79.9. The summed E-state index contributed by atoms with van der Waals surface area (Å²) < 4.78 is 30.2. The molecule has 2 heterocycles. The molecule has 3 aromatic rings. The summed E-state index contributed by atoms with van der Waals surface area (Å²) in [6, 6.07) is 13.7. The summed E-state index contributed by atoms with van der Waals surface area (Å²) in [5, 5.41) is 2.92. The number of carbonyl (C=O) groups is 1. The predicted octanol–water partition coefficient (Wildman–Crippen LogP) is 3.08. The normalized spacial score (nSPS) is 17.5. The molecule has 0 aliphatic carbocycles. The van der Waals surface area contributed by atoms with Crippen molar-refractivity contribution in [2.75, 3.05) is 13.1 Å². The molecule has 0 bridgehead atoms. The Hall–Kier alpha value is -2.23. The summed E-state index contributed by atoms with van der Waals surface area (Å²) in [4.78, 5) is 17.5. The Morgan fingerprint density at radius 2 is 1.93 bits per heavy atom. The van der Waals surface area contributed by atoms with Crippen molar-refractivity contribution in [1.82, 2.24) is 19.2 Å². The molecule has 1 aliphatic rings. The van der Waals surface area contributed by atoms with E-state index in [9.17, 15) is 13.2 Å². The minimum absolute atomic E-state index is 0.200. The van der Waals surface area contributed by atoms with E-state index in [2.05, 4.69) is 30.8 Å². The number of halogens is 1. The minimum Gasteiger partial charge on any atom is -0.353 e. The van der Waals surface area contributed by atoms with E-state index < -0.39 is 16.1 Å². The van der Waals surface area contributed by atoms with E-state index >= 15 is 0 Å². The van der Waals surface area contributed by atoms with Gasteiger partial charge in [0.05, 0.1) is 15.9 Å². The number of nitrogens with one attached hydrogen (secondary N) is 1. The third-order valence-corrected chi connectivity index (χ3v) is 7.86. The van der Waals surface area contributed by atoms with E-state index in [1.54, 1.807) is 24.3 Å². The van der Waals surface area contributed by atoms with Crippen molar-refractivity contribution in [2.45, 2.75) is 37.2 Å². The Morgan fingerprint density at radius 1 is 1.20 bits per heavy atom. The maximum absolute atomic E-state index is 13.0. The first-order valence-corrected chi connectivity index (χ1v) is 12.1. The highest BCUT2D eigenvalue weighted by molar-refractivity contribution is 9.10. The molecule has 2 aromatic carbocycles. The molecule has 1 saturated heterocycles. The first-order valence-electron chi connectivity index (χ1n) is 9.85. The summed E-state index contributed by atoms with van der Waals surface area (Å²) in [7, 11) is -3.72. The molecule has 30 heavy (non-hydrogen) atoms. The smallest absolute Gasteiger partial charge is 0.243 e. The van der Waals surface area contributed by atoms with Crippen molar-refractivity contribution < 1.29 is 13.2 Å². The maximum atomic E-state index is 13.0. The number of carbonyl (C=O) groups excluding carboxylic acids is 1. The topological polar surface area (TPSA) is 84.3 Å². The monoisotopic (exact) mass is 490 g/mol. The number of hydrogen-bond donors (Lipinski definition) is 1. The average Bonchev–Trinajstić information content (AvgIpc) is 3.34. The van der Waals surface area contributed by atoms with Gasteiger partial charge >= 0.3 is 0 Å². The molecule has 7 nitrogen and oxygen atoms in total. The lowest BCUT2D eigenvalue weighted by Crippen LogP contribution is -2.46. The van der Waals surface area contributed by atoms with E-state index in [1.807, 2.05) is 31.2 Å². The molecule has 9 heteroatoms. The van der Waals surface area contributed by atoms with E-state index in [4.69, 9.17) is 0 Å². The highest BCUT2D eigenvalue weighted by Crippen LogP contribution is 2.27. The zero-order valence-electron chi connectivity index (χ0n) is 16.6. The van der Waals surface area contributed by atoms with Gasteiger partial charge in [0.2, 0.25) is 15.9 Å². The number of rotatable bonds is 6. The number of fused-ring (bicyclic) bond motifs is 1. The molecule has 4 rings (SSSR count). The molecule has 0 saturated carbocycles. The minimum atomic E-state index is -3.72. The Balaban J connectivity index is 1.44. The number of amides is 1. The quantitative estimate of drug-likeness (QED) is 0.575. The Kier molecular flexibility index (Phi) is 5.95. The Labute approximate surface area is 184 Å². The van der Waals surface area contributed by atoms with Gasteiger partial charge in [0.25, 0.3) is 0 Å². The van der Waals surface area contributed by atoms with Crippen molar-refractivity contribution in [1.29, 1.82) is 0 Å². The van der Waals surface area contributed by atoms with Gasteiger partial charge < -0.3 is 9.88 Å². The highest BCUT2D eigenvalue weighted by Gasteiger charge is 2.39. The van der Waals surface area contributed by atoms with Crippen LogP contribution < -0.4 is 5.32 Å². The number of benzene rings is 2. The second kappa shape index (κ2) is 8.49. The van der Waals surface area contributed by atoms with Gasteiger partial charge in [-0.3, -0.25) is 4.79 Å². The second-order valence-corrected chi connectivity index (χ2v) is 10.1. The lowest BCUT2D eigenvalue weighted by Gasteiger charge is -2.23. The summed E-state index contributed by atoms with van der Waals surface area (Å²) in [6.45, 7) is 3.26. The molecule has 1 atom stereocenters. The fourth-order valence-corrected chi connectivity index (χ4v) is 5.84. The van der Waals surface area contributed by atoms with Crippen LogP contribution in [0.2, 0.25) is 0 Å². The van der Waals surface area contributed by atoms with Crippen LogP contribution in [0.3, 0.4) is 0 Å². The molecule has 1 unspecified atom stereocenters. The number of nitrogens with zero attached hydrogens (tertiary/aromatic N) is 3. The molecular formula is C21H23BrN4O3S. The number of aryl methyl sites for hydroxylation is 1. The number of hydrogen-bond acceptors (Lipinski definition) is 4. The van der Waals surface area contributed by atoms with Crippen LogP contribution in [0.15, 0.2) is 57.9 Å². The average molecular weight is 491 g/mol. The summed E-state index contributed by atoms with van der Waals surface area (Å²) in [5.74, 6) is 0.626. The van der Waals surface area contributed by atoms with Crippen LogP contribution in [0.4, 0.5) is 0 Å². The lowest BCUT2D eigenvalue weighted by atomic mass is 10.2.